The quantitative estimate of drug-likeness (QED) is 0.0589. The minimum absolute atomic E-state index is 0.154. The van der Waals surface area contributed by atoms with Gasteiger partial charge in [-0.15, -0.1) is 0 Å². The van der Waals surface area contributed by atoms with E-state index in [9.17, 15) is 0 Å². The molecule has 0 aliphatic rings. The standard InChI is InChI=1S/C23H31O6.3C4H9.Sn/c1-4-25-12-13-28-22-14-19(2)15-23(29-17-24-3)21(22)10-11-26-18-27-16-20-8-6-5-7-9-20;3*1-3-4-2;/h5-9,11,14-15H,4,10,12-13,16-18H2,1-3H3;3*1,3-4H2,2H3;. The van der Waals surface area contributed by atoms with Crippen LogP contribution < -0.4 is 9.47 Å². The van der Waals surface area contributed by atoms with Crippen molar-refractivity contribution in [3.63, 3.8) is 0 Å². The average molecular weight is 694 g/mol. The third kappa shape index (κ3) is 13.1. The molecule has 0 saturated heterocycles. The topological polar surface area (TPSA) is 55.4 Å². The molecule has 0 aliphatic carbocycles. The SMILES string of the molecule is CCC[CH2][Sn]([CH2]CCC)([CH2]CCC)[CH](Cc1c(OCCOCC)cc(C)cc1OCOC)OCOCc1ccccc1. The van der Waals surface area contributed by atoms with Crippen LogP contribution in [0.25, 0.3) is 0 Å². The third-order valence-corrected chi connectivity index (χ3v) is 24.5. The first-order chi connectivity index (χ1) is 20.5. The molecule has 0 bridgehead atoms. The molecular formula is C35H58O6Sn. The molecule has 1 unspecified atom stereocenters. The molecule has 0 radical (unpaired) electrons. The monoisotopic (exact) mass is 694 g/mol. The van der Waals surface area contributed by atoms with Crippen LogP contribution in [0.2, 0.25) is 13.3 Å². The minimum atomic E-state index is -2.89. The van der Waals surface area contributed by atoms with Crippen LogP contribution in [-0.2, 0) is 32.0 Å². The molecule has 0 fully saturated rings. The van der Waals surface area contributed by atoms with Crippen LogP contribution in [-0.4, -0.2) is 63.0 Å². The Bertz CT molecular complexity index is 932. The molecule has 238 valence electrons. The van der Waals surface area contributed by atoms with Gasteiger partial charge in [-0.1, -0.05) is 0 Å². The van der Waals surface area contributed by atoms with Crippen molar-refractivity contribution in [3.8, 4) is 11.5 Å². The Morgan fingerprint density at radius 2 is 1.36 bits per heavy atom. The summed E-state index contributed by atoms with van der Waals surface area (Å²) >= 11 is -2.89. The second-order valence-corrected chi connectivity index (χ2v) is 25.2. The van der Waals surface area contributed by atoms with E-state index in [0.717, 1.165) is 34.6 Å². The predicted octanol–water partition coefficient (Wildman–Crippen LogP) is 8.88. The van der Waals surface area contributed by atoms with Gasteiger partial charge in [0.25, 0.3) is 0 Å². The van der Waals surface area contributed by atoms with E-state index < -0.39 is 18.4 Å². The van der Waals surface area contributed by atoms with Crippen LogP contribution in [0.1, 0.15) is 82.9 Å². The summed E-state index contributed by atoms with van der Waals surface area (Å²) in [6, 6.07) is 14.6. The molecule has 0 aromatic heterocycles. The molecule has 0 amide bonds. The average Bonchev–Trinajstić information content (AvgIpc) is 3.01. The van der Waals surface area contributed by atoms with E-state index in [1.165, 1.54) is 51.8 Å². The van der Waals surface area contributed by atoms with Crippen molar-refractivity contribution in [2.45, 2.75) is 104 Å². The molecule has 0 heterocycles. The fraction of sp³-hybridized carbons (Fsp3) is 0.657. The van der Waals surface area contributed by atoms with Gasteiger partial charge in [0.2, 0.25) is 0 Å². The van der Waals surface area contributed by atoms with Gasteiger partial charge >= 0.3 is 262 Å². The Morgan fingerprint density at radius 3 is 1.93 bits per heavy atom. The Kier molecular flexibility index (Phi) is 19.5. The summed E-state index contributed by atoms with van der Waals surface area (Å²) in [6.07, 6.45) is 8.23. The Morgan fingerprint density at radius 1 is 0.738 bits per heavy atom. The molecular weight excluding hydrogens is 635 g/mol. The molecule has 0 N–H and O–H groups in total. The molecule has 42 heavy (non-hydrogen) atoms. The van der Waals surface area contributed by atoms with Gasteiger partial charge in [-0.05, 0) is 0 Å². The third-order valence-electron chi connectivity index (χ3n) is 7.96. The zero-order valence-corrected chi connectivity index (χ0v) is 30.2. The number of rotatable bonds is 25. The van der Waals surface area contributed by atoms with Gasteiger partial charge in [0, 0.05) is 0 Å². The van der Waals surface area contributed by atoms with Gasteiger partial charge in [-0.2, -0.15) is 0 Å². The Labute approximate surface area is 260 Å². The maximum absolute atomic E-state index is 6.92. The van der Waals surface area contributed by atoms with Crippen molar-refractivity contribution >= 4 is 18.4 Å². The summed E-state index contributed by atoms with van der Waals surface area (Å²) in [5.41, 5.74) is 3.33. The second-order valence-electron chi connectivity index (χ2n) is 11.3. The number of benzene rings is 2. The molecule has 6 nitrogen and oxygen atoms in total. The molecule has 2 rings (SSSR count). The summed E-state index contributed by atoms with van der Waals surface area (Å²) in [5.74, 6) is 1.69. The van der Waals surface area contributed by atoms with Crippen LogP contribution in [0.3, 0.4) is 0 Å². The van der Waals surface area contributed by atoms with Gasteiger partial charge < -0.3 is 0 Å². The van der Waals surface area contributed by atoms with Crippen LogP contribution in [0, 0.1) is 6.92 Å². The summed E-state index contributed by atoms with van der Waals surface area (Å²) in [7, 11) is 1.66. The second kappa shape index (κ2) is 22.2. The van der Waals surface area contributed by atoms with Gasteiger partial charge in [0.1, 0.15) is 0 Å². The van der Waals surface area contributed by atoms with E-state index in [2.05, 4.69) is 64.1 Å². The van der Waals surface area contributed by atoms with Gasteiger partial charge in [0.05, 0.1) is 0 Å². The van der Waals surface area contributed by atoms with Crippen LogP contribution in [0.15, 0.2) is 42.5 Å². The fourth-order valence-corrected chi connectivity index (χ4v) is 22.6. The normalized spacial score (nSPS) is 12.4. The molecule has 1 atom stereocenters. The number of methoxy groups -OCH3 is 1. The van der Waals surface area contributed by atoms with E-state index in [4.69, 9.17) is 28.4 Å². The van der Waals surface area contributed by atoms with Crippen molar-refractivity contribution in [1.82, 2.24) is 0 Å². The summed E-state index contributed by atoms with van der Waals surface area (Å²) in [4.78, 5) is 0. The molecule has 2 aromatic rings. The van der Waals surface area contributed by atoms with E-state index in [0.29, 0.717) is 33.2 Å². The van der Waals surface area contributed by atoms with Gasteiger partial charge in [-0.25, -0.2) is 0 Å². The van der Waals surface area contributed by atoms with E-state index in [1.807, 2.05) is 13.0 Å². The van der Waals surface area contributed by atoms with Crippen LogP contribution in [0.4, 0.5) is 0 Å². The van der Waals surface area contributed by atoms with E-state index in [-0.39, 0.29) is 10.9 Å². The zero-order chi connectivity index (χ0) is 30.5. The molecule has 0 spiro atoms. The fourth-order valence-electron chi connectivity index (χ4n) is 5.63. The number of ether oxygens (including phenoxy) is 6. The van der Waals surface area contributed by atoms with Gasteiger partial charge in [0.15, 0.2) is 0 Å². The first-order valence-electron chi connectivity index (χ1n) is 16.2. The van der Waals surface area contributed by atoms with Crippen molar-refractivity contribution in [2.24, 2.45) is 0 Å². The predicted molar refractivity (Wildman–Crippen MR) is 175 cm³/mol. The Hall–Kier alpha value is -1.32. The van der Waals surface area contributed by atoms with Crippen molar-refractivity contribution in [1.29, 1.82) is 0 Å². The van der Waals surface area contributed by atoms with E-state index in [1.54, 1.807) is 7.11 Å². The van der Waals surface area contributed by atoms with Crippen LogP contribution >= 0.6 is 0 Å². The van der Waals surface area contributed by atoms with Crippen molar-refractivity contribution < 1.29 is 28.4 Å². The van der Waals surface area contributed by atoms with Crippen molar-refractivity contribution in [3.05, 3.63) is 59.2 Å². The van der Waals surface area contributed by atoms with Crippen LogP contribution in [0.5, 0.6) is 11.5 Å². The van der Waals surface area contributed by atoms with Crippen molar-refractivity contribution in [2.75, 3.05) is 40.5 Å². The zero-order valence-electron chi connectivity index (χ0n) is 27.4. The summed E-state index contributed by atoms with van der Waals surface area (Å²) in [5, 5.41) is 0. The molecule has 0 saturated carbocycles. The number of hydrogen-bond acceptors (Lipinski definition) is 6. The molecule has 7 heteroatoms. The van der Waals surface area contributed by atoms with Gasteiger partial charge in [-0.3, -0.25) is 0 Å². The maximum atomic E-state index is 6.92. The summed E-state index contributed by atoms with van der Waals surface area (Å²) in [6.45, 7) is 13.8. The summed E-state index contributed by atoms with van der Waals surface area (Å²) < 4.78 is 40.7. The Balaban J connectivity index is 2.48. The molecule has 0 aliphatic heterocycles. The number of hydrogen-bond donors (Lipinski definition) is 0. The first-order valence-corrected chi connectivity index (χ1v) is 23.9. The molecule has 2 aromatic carbocycles. The number of unbranched alkanes of at least 4 members (excludes halogenated alkanes) is 3. The van der Waals surface area contributed by atoms with E-state index >= 15 is 0 Å². The number of aryl methyl sites for hydroxylation is 1. The first kappa shape index (κ1) is 36.9.